The van der Waals surface area contributed by atoms with E-state index in [1.54, 1.807) is 51.1 Å². The average Bonchev–Trinajstić information content (AvgIpc) is 3.27. The van der Waals surface area contributed by atoms with Crippen LogP contribution in [-0.4, -0.2) is 38.5 Å². The Morgan fingerprint density at radius 1 is 1.32 bits per heavy atom. The van der Waals surface area contributed by atoms with Crippen LogP contribution in [0.25, 0.3) is 23.4 Å². The number of hydrogen-bond acceptors (Lipinski definition) is 5. The van der Waals surface area contributed by atoms with Crippen LogP contribution in [0.2, 0.25) is 0 Å². The van der Waals surface area contributed by atoms with E-state index in [1.165, 1.54) is 12.1 Å². The molecular weight excluding hydrogens is 363 g/mol. The lowest BCUT2D eigenvalue weighted by Gasteiger charge is -2.22. The molecule has 2 aromatic heterocycles. The quantitative estimate of drug-likeness (QED) is 0.605. The maximum absolute atomic E-state index is 13.2. The van der Waals surface area contributed by atoms with Gasteiger partial charge in [0.1, 0.15) is 17.3 Å². The van der Waals surface area contributed by atoms with Gasteiger partial charge in [0.2, 0.25) is 0 Å². The van der Waals surface area contributed by atoms with Gasteiger partial charge < -0.3 is 14.9 Å². The third kappa shape index (κ3) is 4.34. The maximum atomic E-state index is 13.2. The monoisotopic (exact) mass is 384 g/mol. The third-order valence-electron chi connectivity index (χ3n) is 4.13. The number of aromatic amines is 1. The summed E-state index contributed by atoms with van der Waals surface area (Å²) in [5, 5.41) is 22.8. The highest BCUT2D eigenvalue weighted by molar-refractivity contribution is 5.93. The Labute approximate surface area is 161 Å². The molecule has 1 amide bonds. The number of carbonyl (C=O) groups excluding carboxylic acids is 1. The highest BCUT2D eigenvalue weighted by atomic mass is 19.1. The van der Waals surface area contributed by atoms with Gasteiger partial charge in [-0.25, -0.2) is 4.39 Å². The molecule has 0 bridgehead atoms. The molecule has 3 aromatic rings. The van der Waals surface area contributed by atoms with Crippen molar-refractivity contribution < 1.29 is 18.8 Å². The van der Waals surface area contributed by atoms with Crippen LogP contribution >= 0.6 is 0 Å². The second-order valence-corrected chi connectivity index (χ2v) is 7.05. The summed E-state index contributed by atoms with van der Waals surface area (Å²) in [6, 6.07) is 7.58. The van der Waals surface area contributed by atoms with E-state index >= 15 is 0 Å². The molecule has 0 atom stereocenters. The largest absolute Gasteiger partial charge is 0.394 e. The van der Waals surface area contributed by atoms with Crippen molar-refractivity contribution in [2.45, 2.75) is 26.3 Å². The van der Waals surface area contributed by atoms with Gasteiger partial charge >= 0.3 is 0 Å². The molecule has 0 unspecified atom stereocenters. The number of rotatable bonds is 6. The van der Waals surface area contributed by atoms with Gasteiger partial charge in [-0.1, -0.05) is 5.16 Å². The second kappa shape index (κ2) is 7.77. The molecule has 0 saturated heterocycles. The number of carbonyl (C=O) groups is 1. The molecule has 2 heterocycles. The van der Waals surface area contributed by atoms with E-state index < -0.39 is 5.54 Å². The summed E-state index contributed by atoms with van der Waals surface area (Å²) in [7, 11) is 0. The number of hydrogen-bond donors (Lipinski definition) is 3. The molecule has 0 aliphatic heterocycles. The minimum absolute atomic E-state index is 0.186. The number of nitrogens with zero attached hydrogens (tertiary/aromatic N) is 2. The van der Waals surface area contributed by atoms with E-state index in [0.717, 1.165) is 11.1 Å². The van der Waals surface area contributed by atoms with Gasteiger partial charge in [-0.05, 0) is 63.3 Å². The molecule has 0 spiro atoms. The van der Waals surface area contributed by atoms with Crippen molar-refractivity contribution in [2.24, 2.45) is 0 Å². The molecule has 0 saturated carbocycles. The van der Waals surface area contributed by atoms with Crippen molar-refractivity contribution >= 4 is 18.1 Å². The predicted octanol–water partition coefficient (Wildman–Crippen LogP) is 3.18. The zero-order valence-corrected chi connectivity index (χ0v) is 15.8. The lowest BCUT2D eigenvalue weighted by molar-refractivity contribution is 0.0864. The summed E-state index contributed by atoms with van der Waals surface area (Å²) in [5.41, 5.74) is 2.15. The Bertz CT molecular complexity index is 1000. The molecule has 0 aliphatic carbocycles. The number of aryl methyl sites for hydroxylation is 1. The summed E-state index contributed by atoms with van der Waals surface area (Å²) in [6.45, 7) is 5.02. The van der Waals surface area contributed by atoms with Gasteiger partial charge in [0.15, 0.2) is 5.69 Å². The molecular formula is C20H21FN4O3. The average molecular weight is 384 g/mol. The molecule has 3 N–H and O–H groups in total. The van der Waals surface area contributed by atoms with E-state index in [9.17, 15) is 14.3 Å². The molecule has 3 rings (SSSR count). The minimum atomic E-state index is -0.740. The number of aromatic nitrogens is 3. The Balaban J connectivity index is 1.80. The fourth-order valence-electron chi connectivity index (χ4n) is 2.51. The number of benzene rings is 1. The van der Waals surface area contributed by atoms with Gasteiger partial charge in [0, 0.05) is 11.1 Å². The predicted molar refractivity (Wildman–Crippen MR) is 103 cm³/mol. The number of amides is 1. The summed E-state index contributed by atoms with van der Waals surface area (Å²) in [5.74, 6) is -0.102. The topological polar surface area (TPSA) is 104 Å². The summed E-state index contributed by atoms with van der Waals surface area (Å²) >= 11 is 0. The normalized spacial score (nSPS) is 11.9. The zero-order valence-electron chi connectivity index (χ0n) is 15.8. The molecule has 1 aromatic carbocycles. The molecule has 8 heteroatoms. The van der Waals surface area contributed by atoms with Crippen molar-refractivity contribution in [3.05, 3.63) is 58.9 Å². The molecule has 0 radical (unpaired) electrons. The maximum Gasteiger partial charge on any atom is 0.272 e. The minimum Gasteiger partial charge on any atom is -0.394 e. The first-order chi connectivity index (χ1) is 13.3. The standard InChI is InChI=1S/C20H21FN4O3/c1-12-16(18(25-28-12)13-4-6-14(21)7-5-13)9-8-15-10-17(24-23-15)19(27)22-20(2,3)11-26/h4-10,26H,11H2,1-3H3,(H,22,27)(H,23,24). The molecule has 0 fully saturated rings. The first-order valence-corrected chi connectivity index (χ1v) is 8.68. The molecule has 28 heavy (non-hydrogen) atoms. The first-order valence-electron chi connectivity index (χ1n) is 8.68. The number of halogens is 1. The van der Waals surface area contributed by atoms with Crippen molar-refractivity contribution in [3.63, 3.8) is 0 Å². The van der Waals surface area contributed by atoms with Crippen LogP contribution in [-0.2, 0) is 0 Å². The Morgan fingerprint density at radius 2 is 2.04 bits per heavy atom. The van der Waals surface area contributed by atoms with Crippen molar-refractivity contribution in [1.29, 1.82) is 0 Å². The fourth-order valence-corrected chi connectivity index (χ4v) is 2.51. The highest BCUT2D eigenvalue weighted by Crippen LogP contribution is 2.27. The number of H-pyrrole nitrogens is 1. The fraction of sp³-hybridized carbons (Fsp3) is 0.250. The number of aliphatic hydroxyl groups excluding tert-OH is 1. The van der Waals surface area contributed by atoms with Crippen LogP contribution in [0.4, 0.5) is 4.39 Å². The van der Waals surface area contributed by atoms with Gasteiger partial charge in [-0.3, -0.25) is 9.89 Å². The lowest BCUT2D eigenvalue weighted by atomic mass is 10.1. The zero-order chi connectivity index (χ0) is 20.3. The van der Waals surface area contributed by atoms with Crippen LogP contribution < -0.4 is 5.32 Å². The summed E-state index contributed by atoms with van der Waals surface area (Å²) < 4.78 is 18.4. The third-order valence-corrected chi connectivity index (χ3v) is 4.13. The van der Waals surface area contributed by atoms with Crippen LogP contribution in [0.5, 0.6) is 0 Å². The molecule has 146 valence electrons. The van der Waals surface area contributed by atoms with E-state index in [0.29, 0.717) is 17.1 Å². The molecule has 7 nitrogen and oxygen atoms in total. The van der Waals surface area contributed by atoms with Gasteiger partial charge in [-0.15, -0.1) is 0 Å². The van der Waals surface area contributed by atoms with E-state index in [1.807, 2.05) is 0 Å². The van der Waals surface area contributed by atoms with Crippen molar-refractivity contribution in [1.82, 2.24) is 20.7 Å². The first kappa shape index (κ1) is 19.5. The van der Waals surface area contributed by atoms with Crippen LogP contribution in [0, 0.1) is 12.7 Å². The van der Waals surface area contributed by atoms with E-state index in [4.69, 9.17) is 4.52 Å². The lowest BCUT2D eigenvalue weighted by Crippen LogP contribution is -2.46. The smallest absolute Gasteiger partial charge is 0.272 e. The SMILES string of the molecule is Cc1onc(-c2ccc(F)cc2)c1C=Cc1cc(C(=O)NC(C)(C)CO)n[nH]1. The van der Waals surface area contributed by atoms with Crippen LogP contribution in [0.15, 0.2) is 34.9 Å². The van der Waals surface area contributed by atoms with Crippen molar-refractivity contribution in [3.8, 4) is 11.3 Å². The van der Waals surface area contributed by atoms with E-state index in [2.05, 4.69) is 20.7 Å². The van der Waals surface area contributed by atoms with E-state index in [-0.39, 0.29) is 24.0 Å². The Hall–Kier alpha value is -3.26. The van der Waals surface area contributed by atoms with Crippen molar-refractivity contribution in [2.75, 3.05) is 6.61 Å². The number of nitrogens with one attached hydrogen (secondary N) is 2. The summed E-state index contributed by atoms with van der Waals surface area (Å²) in [6.07, 6.45) is 3.53. The highest BCUT2D eigenvalue weighted by Gasteiger charge is 2.21. The Kier molecular flexibility index (Phi) is 5.41. The summed E-state index contributed by atoms with van der Waals surface area (Å²) in [4.78, 5) is 12.2. The van der Waals surface area contributed by atoms with Crippen LogP contribution in [0.3, 0.4) is 0 Å². The number of aliphatic hydroxyl groups is 1. The molecule has 0 aliphatic rings. The van der Waals surface area contributed by atoms with Crippen LogP contribution in [0.1, 0.15) is 41.4 Å². The van der Waals surface area contributed by atoms with Gasteiger partial charge in [0.25, 0.3) is 5.91 Å². The van der Waals surface area contributed by atoms with Gasteiger partial charge in [-0.2, -0.15) is 5.10 Å². The Morgan fingerprint density at radius 3 is 2.71 bits per heavy atom. The second-order valence-electron chi connectivity index (χ2n) is 7.05. The van der Waals surface area contributed by atoms with Gasteiger partial charge in [0.05, 0.1) is 17.8 Å².